The maximum absolute atomic E-state index is 10.7. The molecule has 1 aromatic rings. The molecule has 1 N–H and O–H groups in total. The van der Waals surface area contributed by atoms with Crippen molar-refractivity contribution in [2.45, 2.75) is 31.3 Å². The van der Waals surface area contributed by atoms with Crippen LogP contribution in [0.2, 0.25) is 0 Å². The number of aliphatic hydroxyl groups is 1. The molecule has 0 radical (unpaired) electrons. The topological polar surface area (TPSA) is 65.0 Å². The number of hydrogen-bond donors (Lipinski definition) is 1. The second-order valence-corrected chi connectivity index (χ2v) is 7.51. The fourth-order valence-electron chi connectivity index (χ4n) is 4.05. The van der Waals surface area contributed by atoms with Crippen LogP contribution in [0.25, 0.3) is 0 Å². The van der Waals surface area contributed by atoms with E-state index in [1.807, 2.05) is 12.3 Å². The van der Waals surface area contributed by atoms with E-state index in [1.54, 1.807) is 0 Å². The van der Waals surface area contributed by atoms with Crippen molar-refractivity contribution in [1.82, 2.24) is 14.9 Å². The van der Waals surface area contributed by atoms with E-state index in [4.69, 9.17) is 9.72 Å². The molecule has 3 saturated heterocycles. The first-order valence-corrected chi connectivity index (χ1v) is 9.57. The zero-order valence-electron chi connectivity index (χ0n) is 14.9. The first kappa shape index (κ1) is 17.0. The molecule has 0 unspecified atom stereocenters. The highest BCUT2D eigenvalue weighted by molar-refractivity contribution is 5.44. The van der Waals surface area contributed by atoms with Crippen LogP contribution in [-0.4, -0.2) is 84.6 Å². The van der Waals surface area contributed by atoms with Crippen LogP contribution in [0.5, 0.6) is 0 Å². The zero-order valence-corrected chi connectivity index (χ0v) is 14.9. The molecule has 1 aromatic heterocycles. The minimum absolute atomic E-state index is 0.577. The second-order valence-electron chi connectivity index (χ2n) is 7.51. The molecule has 0 spiro atoms. The molecule has 3 fully saturated rings. The van der Waals surface area contributed by atoms with Gasteiger partial charge in [0.2, 0.25) is 5.95 Å². The first-order valence-electron chi connectivity index (χ1n) is 9.57. The molecule has 4 rings (SSSR count). The van der Waals surface area contributed by atoms with Crippen molar-refractivity contribution in [2.24, 2.45) is 0 Å². The molecule has 0 aromatic carbocycles. The van der Waals surface area contributed by atoms with E-state index in [2.05, 4.69) is 19.7 Å². The van der Waals surface area contributed by atoms with Gasteiger partial charge in [0.05, 0.1) is 5.60 Å². The average molecular weight is 347 g/mol. The molecule has 7 nitrogen and oxygen atoms in total. The fourth-order valence-corrected chi connectivity index (χ4v) is 4.05. The standard InChI is InChI=1S/C18H29N5O2/c24-18(4-13-25-14-5-18)15-21-9-11-23(12-10-21)17-19-6-3-16(20-17)22-7-1-2-8-22/h3,6,24H,1-2,4-5,7-15H2. The normalized spacial score (nSPS) is 24.7. The third-order valence-electron chi connectivity index (χ3n) is 5.65. The van der Waals surface area contributed by atoms with E-state index in [1.165, 1.54) is 12.8 Å². The maximum Gasteiger partial charge on any atom is 0.227 e. The van der Waals surface area contributed by atoms with Crippen molar-refractivity contribution in [3.05, 3.63) is 12.3 Å². The van der Waals surface area contributed by atoms with E-state index in [0.29, 0.717) is 13.2 Å². The Morgan fingerprint density at radius 2 is 1.72 bits per heavy atom. The second kappa shape index (κ2) is 7.43. The fraction of sp³-hybridized carbons (Fsp3) is 0.778. The number of aromatic nitrogens is 2. The van der Waals surface area contributed by atoms with Gasteiger partial charge in [0.15, 0.2) is 0 Å². The average Bonchev–Trinajstić information content (AvgIpc) is 3.18. The van der Waals surface area contributed by atoms with Crippen molar-refractivity contribution >= 4 is 11.8 Å². The van der Waals surface area contributed by atoms with Crippen molar-refractivity contribution < 1.29 is 9.84 Å². The van der Waals surface area contributed by atoms with Gasteiger partial charge in [-0.2, -0.15) is 4.98 Å². The van der Waals surface area contributed by atoms with E-state index < -0.39 is 5.60 Å². The number of rotatable bonds is 4. The van der Waals surface area contributed by atoms with Crippen LogP contribution in [0.4, 0.5) is 11.8 Å². The van der Waals surface area contributed by atoms with Gasteiger partial charge in [-0.1, -0.05) is 0 Å². The third-order valence-corrected chi connectivity index (χ3v) is 5.65. The lowest BCUT2D eigenvalue weighted by molar-refractivity contribution is -0.0802. The van der Waals surface area contributed by atoms with Crippen LogP contribution < -0.4 is 9.80 Å². The van der Waals surface area contributed by atoms with E-state index >= 15 is 0 Å². The Morgan fingerprint density at radius 3 is 2.44 bits per heavy atom. The van der Waals surface area contributed by atoms with Gasteiger partial charge in [-0.25, -0.2) is 4.98 Å². The Bertz CT molecular complexity index is 564. The van der Waals surface area contributed by atoms with E-state index in [-0.39, 0.29) is 0 Å². The zero-order chi connectivity index (χ0) is 17.1. The van der Waals surface area contributed by atoms with E-state index in [0.717, 1.165) is 70.4 Å². The molecule has 0 atom stereocenters. The Kier molecular flexibility index (Phi) is 5.05. The lowest BCUT2D eigenvalue weighted by Gasteiger charge is -2.40. The molecule has 3 aliphatic heterocycles. The highest BCUT2D eigenvalue weighted by Gasteiger charge is 2.33. The highest BCUT2D eigenvalue weighted by Crippen LogP contribution is 2.24. The molecular formula is C18H29N5O2. The van der Waals surface area contributed by atoms with E-state index in [9.17, 15) is 5.11 Å². The van der Waals surface area contributed by atoms with Crippen molar-refractivity contribution in [1.29, 1.82) is 0 Å². The molecule has 0 aliphatic carbocycles. The van der Waals surface area contributed by atoms with Crippen LogP contribution in [0.15, 0.2) is 12.3 Å². The predicted octanol–water partition coefficient (Wildman–Crippen LogP) is 0.740. The van der Waals surface area contributed by atoms with Crippen LogP contribution in [0, 0.1) is 0 Å². The Balaban J connectivity index is 1.33. The monoisotopic (exact) mass is 347 g/mol. The lowest BCUT2D eigenvalue weighted by atomic mass is 9.93. The summed E-state index contributed by atoms with van der Waals surface area (Å²) in [5.74, 6) is 1.90. The maximum atomic E-state index is 10.7. The largest absolute Gasteiger partial charge is 0.388 e. The van der Waals surface area contributed by atoms with Crippen LogP contribution >= 0.6 is 0 Å². The van der Waals surface area contributed by atoms with Gasteiger partial charge in [0.25, 0.3) is 0 Å². The number of hydrogen-bond acceptors (Lipinski definition) is 7. The summed E-state index contributed by atoms with van der Waals surface area (Å²) in [5, 5.41) is 10.7. The molecule has 4 heterocycles. The summed E-state index contributed by atoms with van der Waals surface area (Å²) in [6, 6.07) is 2.02. The summed E-state index contributed by atoms with van der Waals surface area (Å²) in [6.07, 6.45) is 5.88. The molecule has 0 bridgehead atoms. The quantitative estimate of drug-likeness (QED) is 0.862. The van der Waals surface area contributed by atoms with Crippen LogP contribution in [0.3, 0.4) is 0 Å². The molecule has 0 saturated carbocycles. The Labute approximate surface area is 149 Å². The van der Waals surface area contributed by atoms with Gasteiger partial charge in [0.1, 0.15) is 5.82 Å². The number of piperazine rings is 1. The first-order chi connectivity index (χ1) is 12.2. The summed E-state index contributed by atoms with van der Waals surface area (Å²) in [6.45, 7) is 8.02. The number of ether oxygens (including phenoxy) is 1. The predicted molar refractivity (Wildman–Crippen MR) is 97.1 cm³/mol. The summed E-state index contributed by atoms with van der Waals surface area (Å²) >= 11 is 0. The van der Waals surface area contributed by atoms with Crippen LogP contribution in [0.1, 0.15) is 25.7 Å². The summed E-state index contributed by atoms with van der Waals surface area (Å²) in [5.41, 5.74) is -0.577. The van der Waals surface area contributed by atoms with Crippen molar-refractivity contribution in [3.63, 3.8) is 0 Å². The minimum Gasteiger partial charge on any atom is -0.388 e. The smallest absolute Gasteiger partial charge is 0.227 e. The number of anilines is 2. The summed E-state index contributed by atoms with van der Waals surface area (Å²) < 4.78 is 5.38. The molecule has 7 heteroatoms. The van der Waals surface area contributed by atoms with Gasteiger partial charge in [-0.3, -0.25) is 4.90 Å². The summed E-state index contributed by atoms with van der Waals surface area (Å²) in [7, 11) is 0. The molecule has 138 valence electrons. The third kappa shape index (κ3) is 4.04. The molecule has 3 aliphatic rings. The van der Waals surface area contributed by atoms with Gasteiger partial charge in [0, 0.05) is 78.1 Å². The van der Waals surface area contributed by atoms with Crippen molar-refractivity contribution in [3.8, 4) is 0 Å². The van der Waals surface area contributed by atoms with Gasteiger partial charge >= 0.3 is 0 Å². The number of β-amino-alcohol motifs (C(OH)–C–C–N with tert-alkyl or cyclic N) is 1. The SMILES string of the molecule is OC1(CN2CCN(c3nccc(N4CCCC4)n3)CC2)CCOCC1. The summed E-state index contributed by atoms with van der Waals surface area (Å²) in [4.78, 5) is 16.3. The minimum atomic E-state index is -0.577. The van der Waals surface area contributed by atoms with Gasteiger partial charge in [-0.15, -0.1) is 0 Å². The van der Waals surface area contributed by atoms with Gasteiger partial charge in [-0.05, 0) is 18.9 Å². The highest BCUT2D eigenvalue weighted by atomic mass is 16.5. The molecule has 25 heavy (non-hydrogen) atoms. The van der Waals surface area contributed by atoms with Crippen LogP contribution in [-0.2, 0) is 4.74 Å². The van der Waals surface area contributed by atoms with Gasteiger partial charge < -0.3 is 19.6 Å². The molecular weight excluding hydrogens is 318 g/mol. The lowest BCUT2D eigenvalue weighted by Crippen LogP contribution is -2.53. The number of nitrogens with zero attached hydrogens (tertiary/aromatic N) is 5. The molecule has 0 amide bonds. The Morgan fingerprint density at radius 1 is 1.00 bits per heavy atom. The Hall–Kier alpha value is -1.44. The van der Waals surface area contributed by atoms with Crippen molar-refractivity contribution in [2.75, 3.05) is 68.8 Å².